The molecule has 2 aromatic rings. The number of benzene rings is 1. The highest BCUT2D eigenvalue weighted by Gasteiger charge is 2.28. The predicted octanol–water partition coefficient (Wildman–Crippen LogP) is 2.02. The second kappa shape index (κ2) is 6.91. The lowest BCUT2D eigenvalue weighted by molar-refractivity contribution is -0.122. The molecule has 1 aromatic carbocycles. The molecule has 0 saturated heterocycles. The Bertz CT molecular complexity index is 610. The predicted molar refractivity (Wildman–Crippen MR) is 87.5 cm³/mol. The van der Waals surface area contributed by atoms with Crippen LogP contribution in [0.4, 0.5) is 0 Å². The molecule has 0 aliphatic heterocycles. The molecule has 6 heteroatoms. The first-order chi connectivity index (χ1) is 9.46. The Balaban J connectivity index is 0.00000220. The van der Waals surface area contributed by atoms with Crippen LogP contribution in [0.3, 0.4) is 0 Å². The third-order valence-corrected chi connectivity index (χ3v) is 4.00. The van der Waals surface area contributed by atoms with Gasteiger partial charge in [0.15, 0.2) is 0 Å². The van der Waals surface area contributed by atoms with Gasteiger partial charge in [0, 0.05) is 11.9 Å². The molecule has 1 atom stereocenters. The monoisotopic (exact) mass is 310 g/mol. The Morgan fingerprint density at radius 1 is 1.43 bits per heavy atom. The van der Waals surface area contributed by atoms with Gasteiger partial charge < -0.3 is 11.1 Å². The van der Waals surface area contributed by atoms with Crippen molar-refractivity contribution in [2.24, 2.45) is 11.7 Å². The van der Waals surface area contributed by atoms with E-state index in [1.165, 1.54) is 0 Å². The van der Waals surface area contributed by atoms with Crippen LogP contribution < -0.4 is 11.1 Å². The Hall–Kier alpha value is -1.59. The summed E-state index contributed by atoms with van der Waals surface area (Å²) in [5.41, 5.74) is 7.11. The summed E-state index contributed by atoms with van der Waals surface area (Å²) in [7, 11) is 0. The highest BCUT2D eigenvalue weighted by molar-refractivity contribution is 5.87. The van der Waals surface area contributed by atoms with Crippen LogP contribution in [0.2, 0.25) is 0 Å². The number of para-hydroxylation sites is 1. The highest BCUT2D eigenvalue weighted by Crippen LogP contribution is 2.17. The fourth-order valence-corrected chi connectivity index (χ4v) is 2.10. The number of halogens is 1. The molecule has 0 aliphatic rings. The normalized spacial score (nSPS) is 13.8. The Labute approximate surface area is 131 Å². The number of nitrogens with zero attached hydrogens (tertiary/aromatic N) is 1. The molecule has 0 aliphatic carbocycles. The van der Waals surface area contributed by atoms with E-state index in [1.54, 1.807) is 0 Å². The molecule has 0 fully saturated rings. The molecule has 4 N–H and O–H groups in total. The van der Waals surface area contributed by atoms with Crippen molar-refractivity contribution in [1.82, 2.24) is 15.5 Å². The molecule has 0 spiro atoms. The summed E-state index contributed by atoms with van der Waals surface area (Å²) in [4.78, 5) is 12.2. The number of aromatic nitrogens is 2. The van der Waals surface area contributed by atoms with Gasteiger partial charge in [0.25, 0.3) is 0 Å². The van der Waals surface area contributed by atoms with Gasteiger partial charge in [0.1, 0.15) is 0 Å². The van der Waals surface area contributed by atoms with Gasteiger partial charge in [0.05, 0.1) is 23.2 Å². The number of amides is 1. The molecule has 1 unspecified atom stereocenters. The van der Waals surface area contributed by atoms with Crippen molar-refractivity contribution >= 4 is 29.2 Å². The van der Waals surface area contributed by atoms with Gasteiger partial charge in [-0.1, -0.05) is 32.0 Å². The SMILES string of the molecule is CC(C)C(C)(CN)NC(=O)Cc1[nH]nc2ccccc12.Cl. The first-order valence-corrected chi connectivity index (χ1v) is 6.89. The first-order valence-electron chi connectivity index (χ1n) is 6.89. The lowest BCUT2D eigenvalue weighted by Crippen LogP contribution is -2.55. The minimum atomic E-state index is -0.382. The van der Waals surface area contributed by atoms with E-state index in [1.807, 2.05) is 31.2 Å². The van der Waals surface area contributed by atoms with E-state index in [9.17, 15) is 4.79 Å². The van der Waals surface area contributed by atoms with Crippen LogP contribution >= 0.6 is 12.4 Å². The molecule has 0 radical (unpaired) electrons. The van der Waals surface area contributed by atoms with Gasteiger partial charge in [-0.25, -0.2) is 0 Å². The summed E-state index contributed by atoms with van der Waals surface area (Å²) in [5, 5.41) is 11.2. The number of fused-ring (bicyclic) bond motifs is 1. The van der Waals surface area contributed by atoms with Crippen molar-refractivity contribution in [2.75, 3.05) is 6.54 Å². The summed E-state index contributed by atoms with van der Waals surface area (Å²) in [6.07, 6.45) is 0.281. The Morgan fingerprint density at radius 3 is 2.71 bits per heavy atom. The number of carbonyl (C=O) groups excluding carboxylic acids is 1. The van der Waals surface area contributed by atoms with Crippen LogP contribution in [0.15, 0.2) is 24.3 Å². The Morgan fingerprint density at radius 2 is 2.10 bits per heavy atom. The second-order valence-electron chi connectivity index (χ2n) is 5.72. The topological polar surface area (TPSA) is 83.8 Å². The number of nitrogens with one attached hydrogen (secondary N) is 2. The van der Waals surface area contributed by atoms with Gasteiger partial charge in [-0.3, -0.25) is 9.89 Å². The lowest BCUT2D eigenvalue weighted by atomic mass is 9.88. The quantitative estimate of drug-likeness (QED) is 0.790. The lowest BCUT2D eigenvalue weighted by Gasteiger charge is -2.33. The van der Waals surface area contributed by atoms with Crippen LogP contribution in [-0.4, -0.2) is 28.2 Å². The molecule has 1 heterocycles. The minimum Gasteiger partial charge on any atom is -0.349 e. The van der Waals surface area contributed by atoms with E-state index in [0.29, 0.717) is 6.54 Å². The number of H-pyrrole nitrogens is 1. The maximum Gasteiger partial charge on any atom is 0.226 e. The molecule has 1 aromatic heterocycles. The first kappa shape index (κ1) is 17.5. The molecule has 2 rings (SSSR count). The fourth-order valence-electron chi connectivity index (χ4n) is 2.10. The standard InChI is InChI=1S/C15H22N4O.ClH/c1-10(2)15(3,9-16)17-14(20)8-13-11-6-4-5-7-12(11)18-19-13;/h4-7,10H,8-9,16H2,1-3H3,(H,17,20)(H,18,19);1H. The van der Waals surface area contributed by atoms with Gasteiger partial charge >= 0.3 is 0 Å². The fraction of sp³-hybridized carbons (Fsp3) is 0.467. The zero-order valence-corrected chi connectivity index (χ0v) is 13.5. The number of carbonyl (C=O) groups is 1. The van der Waals surface area contributed by atoms with Crippen LogP contribution in [0, 0.1) is 5.92 Å². The van der Waals surface area contributed by atoms with E-state index in [4.69, 9.17) is 5.73 Å². The van der Waals surface area contributed by atoms with Crippen molar-refractivity contribution in [3.05, 3.63) is 30.0 Å². The van der Waals surface area contributed by atoms with E-state index in [2.05, 4.69) is 29.4 Å². The summed E-state index contributed by atoms with van der Waals surface area (Å²) >= 11 is 0. The largest absolute Gasteiger partial charge is 0.349 e. The summed E-state index contributed by atoms with van der Waals surface area (Å²) in [5.74, 6) is 0.232. The third-order valence-electron chi connectivity index (χ3n) is 4.00. The maximum absolute atomic E-state index is 12.2. The highest BCUT2D eigenvalue weighted by atomic mass is 35.5. The molecular weight excluding hydrogens is 288 g/mol. The van der Waals surface area contributed by atoms with Crippen LogP contribution in [0.25, 0.3) is 10.9 Å². The molecular formula is C15H23ClN4O. The number of hydrogen-bond donors (Lipinski definition) is 3. The van der Waals surface area contributed by atoms with E-state index >= 15 is 0 Å². The number of hydrogen-bond acceptors (Lipinski definition) is 3. The van der Waals surface area contributed by atoms with Gasteiger partial charge in [0.2, 0.25) is 5.91 Å². The average Bonchev–Trinajstić information content (AvgIpc) is 2.82. The van der Waals surface area contributed by atoms with Crippen molar-refractivity contribution in [3.8, 4) is 0 Å². The number of aromatic amines is 1. The molecule has 5 nitrogen and oxygen atoms in total. The van der Waals surface area contributed by atoms with E-state index in [0.717, 1.165) is 16.6 Å². The molecule has 1 amide bonds. The zero-order chi connectivity index (χ0) is 14.8. The molecule has 0 saturated carbocycles. The molecule has 116 valence electrons. The molecule has 21 heavy (non-hydrogen) atoms. The summed E-state index contributed by atoms with van der Waals surface area (Å²) < 4.78 is 0. The van der Waals surface area contributed by atoms with E-state index in [-0.39, 0.29) is 36.2 Å². The van der Waals surface area contributed by atoms with Crippen molar-refractivity contribution < 1.29 is 4.79 Å². The van der Waals surface area contributed by atoms with Crippen LogP contribution in [0.1, 0.15) is 26.5 Å². The number of rotatable bonds is 5. The van der Waals surface area contributed by atoms with Gasteiger partial charge in [-0.15, -0.1) is 12.4 Å². The van der Waals surface area contributed by atoms with Crippen LogP contribution in [0.5, 0.6) is 0 Å². The third kappa shape index (κ3) is 3.74. The summed E-state index contributed by atoms with van der Waals surface area (Å²) in [6.45, 7) is 6.50. The second-order valence-corrected chi connectivity index (χ2v) is 5.72. The van der Waals surface area contributed by atoms with Gasteiger partial charge in [-0.05, 0) is 18.9 Å². The zero-order valence-electron chi connectivity index (χ0n) is 12.6. The number of nitrogens with two attached hydrogens (primary N) is 1. The Kier molecular flexibility index (Phi) is 5.75. The average molecular weight is 311 g/mol. The van der Waals surface area contributed by atoms with Crippen molar-refractivity contribution in [1.29, 1.82) is 0 Å². The molecule has 0 bridgehead atoms. The minimum absolute atomic E-state index is 0. The smallest absolute Gasteiger partial charge is 0.226 e. The van der Waals surface area contributed by atoms with Gasteiger partial charge in [-0.2, -0.15) is 5.10 Å². The maximum atomic E-state index is 12.2. The van der Waals surface area contributed by atoms with Crippen molar-refractivity contribution in [3.63, 3.8) is 0 Å². The summed E-state index contributed by atoms with van der Waals surface area (Å²) in [6, 6.07) is 7.76. The van der Waals surface area contributed by atoms with E-state index < -0.39 is 0 Å². The van der Waals surface area contributed by atoms with Crippen molar-refractivity contribution in [2.45, 2.75) is 32.7 Å². The van der Waals surface area contributed by atoms with Crippen LogP contribution in [-0.2, 0) is 11.2 Å².